The van der Waals surface area contributed by atoms with Crippen LogP contribution in [0.4, 0.5) is 10.1 Å². The summed E-state index contributed by atoms with van der Waals surface area (Å²) >= 11 is 5.70. The molecule has 0 aliphatic rings. The highest BCUT2D eigenvalue weighted by atomic mass is 35.5. The van der Waals surface area contributed by atoms with Crippen molar-refractivity contribution in [2.75, 3.05) is 5.32 Å². The van der Waals surface area contributed by atoms with Crippen LogP contribution < -0.4 is 11.0 Å². The minimum Gasteiger partial charge on any atom is -0.322 e. The number of benzene rings is 2. The number of amides is 1. The Kier molecular flexibility index (Phi) is 3.69. The molecule has 118 valence electrons. The first-order valence-electron chi connectivity index (χ1n) is 6.80. The molecule has 1 heterocycles. The number of hydrogen-bond acceptors (Lipinski definition) is 2. The van der Waals surface area contributed by atoms with Crippen molar-refractivity contribution in [3.63, 3.8) is 0 Å². The zero-order valence-corrected chi connectivity index (χ0v) is 13.2. The summed E-state index contributed by atoms with van der Waals surface area (Å²) in [5.41, 5.74) is 2.01. The molecule has 7 heteroatoms. The topological polar surface area (TPSA) is 56.0 Å². The summed E-state index contributed by atoms with van der Waals surface area (Å²) in [6, 6.07) is 8.92. The van der Waals surface area contributed by atoms with Crippen LogP contribution in [-0.2, 0) is 14.1 Å². The van der Waals surface area contributed by atoms with Crippen LogP contribution >= 0.6 is 11.6 Å². The van der Waals surface area contributed by atoms with E-state index in [0.29, 0.717) is 16.8 Å². The summed E-state index contributed by atoms with van der Waals surface area (Å²) in [6.07, 6.45) is 0. The Balaban J connectivity index is 1.96. The first kappa shape index (κ1) is 15.3. The SMILES string of the molecule is Cn1c(=O)n(C)c2cc(C(=O)Nc3ccc(F)c(Cl)c3)ccc21. The molecule has 1 aromatic heterocycles. The van der Waals surface area contributed by atoms with E-state index in [2.05, 4.69) is 5.32 Å². The summed E-state index contributed by atoms with van der Waals surface area (Å²) in [7, 11) is 3.32. The Morgan fingerprint density at radius 3 is 2.48 bits per heavy atom. The lowest BCUT2D eigenvalue weighted by Gasteiger charge is -2.06. The molecule has 0 aliphatic heterocycles. The van der Waals surface area contributed by atoms with E-state index >= 15 is 0 Å². The van der Waals surface area contributed by atoms with Gasteiger partial charge in [-0.05, 0) is 36.4 Å². The lowest BCUT2D eigenvalue weighted by Crippen LogP contribution is -2.19. The van der Waals surface area contributed by atoms with Crippen LogP contribution in [0.3, 0.4) is 0 Å². The molecule has 0 fully saturated rings. The molecule has 0 saturated carbocycles. The van der Waals surface area contributed by atoms with Crippen molar-refractivity contribution in [2.24, 2.45) is 14.1 Å². The van der Waals surface area contributed by atoms with E-state index in [0.717, 1.165) is 5.52 Å². The number of carbonyl (C=O) groups is 1. The summed E-state index contributed by atoms with van der Waals surface area (Å²) in [5, 5.41) is 2.58. The monoisotopic (exact) mass is 333 g/mol. The van der Waals surface area contributed by atoms with Crippen molar-refractivity contribution in [3.05, 3.63) is 63.3 Å². The summed E-state index contributed by atoms with van der Waals surface area (Å²) in [6.45, 7) is 0. The van der Waals surface area contributed by atoms with Gasteiger partial charge in [-0.25, -0.2) is 9.18 Å². The Hall–Kier alpha value is -2.60. The third-order valence-electron chi connectivity index (χ3n) is 3.71. The number of aromatic nitrogens is 2. The largest absolute Gasteiger partial charge is 0.328 e. The molecule has 0 saturated heterocycles. The predicted octanol–water partition coefficient (Wildman–Crippen LogP) is 2.92. The number of imidazole rings is 1. The highest BCUT2D eigenvalue weighted by molar-refractivity contribution is 6.31. The zero-order chi connectivity index (χ0) is 16.7. The van der Waals surface area contributed by atoms with Gasteiger partial charge < -0.3 is 5.32 Å². The van der Waals surface area contributed by atoms with Crippen molar-refractivity contribution in [1.82, 2.24) is 9.13 Å². The van der Waals surface area contributed by atoms with Crippen molar-refractivity contribution in [3.8, 4) is 0 Å². The fraction of sp³-hybridized carbons (Fsp3) is 0.125. The highest BCUT2D eigenvalue weighted by Gasteiger charge is 2.12. The molecule has 2 aromatic carbocycles. The molecule has 3 rings (SSSR count). The van der Waals surface area contributed by atoms with Crippen LogP contribution in [-0.4, -0.2) is 15.0 Å². The molecule has 0 spiro atoms. The number of halogens is 2. The second-order valence-corrected chi connectivity index (χ2v) is 5.59. The number of carbonyl (C=O) groups excluding carboxylic acids is 1. The average Bonchev–Trinajstić information content (AvgIpc) is 2.75. The predicted molar refractivity (Wildman–Crippen MR) is 87.5 cm³/mol. The first-order valence-corrected chi connectivity index (χ1v) is 7.18. The number of nitrogens with zero attached hydrogens (tertiary/aromatic N) is 2. The smallest absolute Gasteiger partial charge is 0.322 e. The molecule has 1 amide bonds. The Labute approximate surface area is 135 Å². The molecule has 1 N–H and O–H groups in total. The lowest BCUT2D eigenvalue weighted by molar-refractivity contribution is 0.102. The van der Waals surface area contributed by atoms with E-state index < -0.39 is 5.82 Å². The molecule has 3 aromatic rings. The van der Waals surface area contributed by atoms with Gasteiger partial charge in [0.25, 0.3) is 5.91 Å². The molecule has 0 aliphatic carbocycles. The average molecular weight is 334 g/mol. The van der Waals surface area contributed by atoms with Gasteiger partial charge in [0.2, 0.25) is 0 Å². The summed E-state index contributed by atoms with van der Waals surface area (Å²) < 4.78 is 16.1. The maximum absolute atomic E-state index is 13.1. The summed E-state index contributed by atoms with van der Waals surface area (Å²) in [5.74, 6) is -0.920. The highest BCUT2D eigenvalue weighted by Crippen LogP contribution is 2.20. The van der Waals surface area contributed by atoms with E-state index in [-0.39, 0.29) is 16.6 Å². The number of rotatable bonds is 2. The van der Waals surface area contributed by atoms with E-state index in [4.69, 9.17) is 11.6 Å². The molecule has 23 heavy (non-hydrogen) atoms. The molecule has 0 unspecified atom stereocenters. The van der Waals surface area contributed by atoms with Crippen LogP contribution in [0.1, 0.15) is 10.4 Å². The van der Waals surface area contributed by atoms with Gasteiger partial charge in [0, 0.05) is 25.3 Å². The lowest BCUT2D eigenvalue weighted by atomic mass is 10.1. The molecule has 5 nitrogen and oxygen atoms in total. The van der Waals surface area contributed by atoms with Crippen molar-refractivity contribution in [1.29, 1.82) is 0 Å². The molecule has 0 radical (unpaired) electrons. The van der Waals surface area contributed by atoms with E-state index in [1.165, 1.54) is 27.3 Å². The van der Waals surface area contributed by atoms with Crippen LogP contribution in [0.5, 0.6) is 0 Å². The Bertz CT molecular complexity index is 991. The van der Waals surface area contributed by atoms with Gasteiger partial charge in [-0.1, -0.05) is 11.6 Å². The molecular formula is C16H13ClFN3O2. The fourth-order valence-electron chi connectivity index (χ4n) is 2.43. The molecule has 0 bridgehead atoms. The van der Waals surface area contributed by atoms with Crippen LogP contribution in [0, 0.1) is 5.82 Å². The molecule has 0 atom stereocenters. The van der Waals surface area contributed by atoms with Crippen molar-refractivity contribution >= 4 is 34.2 Å². The molecular weight excluding hydrogens is 321 g/mol. The normalized spacial score (nSPS) is 11.0. The van der Waals surface area contributed by atoms with Crippen LogP contribution in [0.15, 0.2) is 41.2 Å². The third kappa shape index (κ3) is 2.61. The maximum atomic E-state index is 13.1. The number of fused-ring (bicyclic) bond motifs is 1. The van der Waals surface area contributed by atoms with Crippen molar-refractivity contribution in [2.45, 2.75) is 0 Å². The second kappa shape index (κ2) is 5.55. The van der Waals surface area contributed by atoms with Gasteiger partial charge in [0.15, 0.2) is 0 Å². The minimum absolute atomic E-state index is 0.0660. The second-order valence-electron chi connectivity index (χ2n) is 5.19. The van der Waals surface area contributed by atoms with Crippen molar-refractivity contribution < 1.29 is 9.18 Å². The summed E-state index contributed by atoms with van der Waals surface area (Å²) in [4.78, 5) is 24.2. The van der Waals surface area contributed by atoms with Gasteiger partial charge in [0.05, 0.1) is 16.1 Å². The van der Waals surface area contributed by atoms with Gasteiger partial charge >= 0.3 is 5.69 Å². The number of aryl methyl sites for hydroxylation is 2. The number of anilines is 1. The third-order valence-corrected chi connectivity index (χ3v) is 4.00. The van der Waals surface area contributed by atoms with Crippen LogP contribution in [0.25, 0.3) is 11.0 Å². The van der Waals surface area contributed by atoms with Gasteiger partial charge in [0.1, 0.15) is 5.82 Å². The Morgan fingerprint density at radius 2 is 1.78 bits per heavy atom. The van der Waals surface area contributed by atoms with E-state index in [1.54, 1.807) is 32.3 Å². The quantitative estimate of drug-likeness (QED) is 0.784. The van der Waals surface area contributed by atoms with Crippen LogP contribution in [0.2, 0.25) is 5.02 Å². The van der Waals surface area contributed by atoms with E-state index in [1.807, 2.05) is 0 Å². The first-order chi connectivity index (χ1) is 10.9. The van der Waals surface area contributed by atoms with Gasteiger partial charge in [-0.3, -0.25) is 13.9 Å². The van der Waals surface area contributed by atoms with Gasteiger partial charge in [-0.15, -0.1) is 0 Å². The van der Waals surface area contributed by atoms with Gasteiger partial charge in [-0.2, -0.15) is 0 Å². The number of hydrogen-bond donors (Lipinski definition) is 1. The minimum atomic E-state index is -0.551. The fourth-order valence-corrected chi connectivity index (χ4v) is 2.61. The van der Waals surface area contributed by atoms with E-state index in [9.17, 15) is 14.0 Å². The number of nitrogens with one attached hydrogen (secondary N) is 1. The zero-order valence-electron chi connectivity index (χ0n) is 12.4. The maximum Gasteiger partial charge on any atom is 0.328 e. The standard InChI is InChI=1S/C16H13ClFN3O2/c1-20-13-6-3-9(7-14(13)21(2)16(20)23)15(22)19-10-4-5-12(18)11(17)8-10/h3-8H,1-2H3,(H,19,22). The Morgan fingerprint density at radius 1 is 1.09 bits per heavy atom.